The third-order valence-electron chi connectivity index (χ3n) is 5.80. The molecule has 2 N–H and O–H groups in total. The number of hydrogen-bond donors (Lipinski definition) is 2. The number of nitrogens with one attached hydrogen (secondary N) is 2. The topological polar surface area (TPSA) is 124 Å². The Bertz CT molecular complexity index is 1490. The monoisotopic (exact) mass is 529 g/mol. The van der Waals surface area contributed by atoms with Crippen molar-refractivity contribution < 1.29 is 23.9 Å². The van der Waals surface area contributed by atoms with Gasteiger partial charge in [-0.05, 0) is 51.5 Å². The third kappa shape index (κ3) is 6.78. The van der Waals surface area contributed by atoms with Crippen LogP contribution in [-0.4, -0.2) is 44.1 Å². The molecule has 10 heteroatoms. The van der Waals surface area contributed by atoms with Gasteiger partial charge in [-0.25, -0.2) is 19.6 Å². The molecule has 0 aliphatic heterocycles. The lowest BCUT2D eigenvalue weighted by Gasteiger charge is -2.21. The molecule has 10 nitrogen and oxygen atoms in total. The number of esters is 1. The van der Waals surface area contributed by atoms with Gasteiger partial charge in [0.1, 0.15) is 35.9 Å². The highest BCUT2D eigenvalue weighted by Crippen LogP contribution is 2.29. The number of nitrogens with zero attached hydrogens (tertiary/aromatic N) is 3. The molecule has 0 fully saturated rings. The predicted molar refractivity (Wildman–Crippen MR) is 147 cm³/mol. The van der Waals surface area contributed by atoms with Crippen LogP contribution in [0.25, 0.3) is 22.3 Å². The van der Waals surface area contributed by atoms with Crippen LogP contribution in [-0.2, 0) is 27.9 Å². The standard InChI is InChI=1S/C29H31N5O5/c1-18(32-28(37)39-29(2,3)4)26(35)33-21-13-11-20(12-14-21)24-22-15-23(34(5)25(22)31-17-30-24)27(36)38-16-19-9-7-6-8-10-19/h6-15,17-18H,16H2,1-5H3,(H,32,37)(H,33,35)/t18-/m0/s1. The predicted octanol–water partition coefficient (Wildman–Crippen LogP) is 4.84. The van der Waals surface area contributed by atoms with E-state index in [-0.39, 0.29) is 12.5 Å². The number of alkyl carbamates (subject to hydrolysis) is 1. The van der Waals surface area contributed by atoms with Gasteiger partial charge in [-0.2, -0.15) is 0 Å². The second-order valence-electron chi connectivity index (χ2n) is 10.0. The van der Waals surface area contributed by atoms with Gasteiger partial charge in [-0.3, -0.25) is 4.79 Å². The van der Waals surface area contributed by atoms with Gasteiger partial charge in [0, 0.05) is 23.7 Å². The van der Waals surface area contributed by atoms with Gasteiger partial charge in [-0.15, -0.1) is 0 Å². The summed E-state index contributed by atoms with van der Waals surface area (Å²) in [7, 11) is 1.75. The molecule has 2 aromatic carbocycles. The molecule has 39 heavy (non-hydrogen) atoms. The SMILES string of the molecule is C[C@H](NC(=O)OC(C)(C)C)C(=O)Nc1ccc(-c2ncnc3c2cc(C(=O)OCc2ccccc2)n3C)cc1. The number of ether oxygens (including phenoxy) is 2. The quantitative estimate of drug-likeness (QED) is 0.328. The average Bonchev–Trinajstić information content (AvgIpc) is 3.24. The number of carbonyl (C=O) groups is 3. The fraction of sp³-hybridized carbons (Fsp3) is 0.276. The first-order valence-corrected chi connectivity index (χ1v) is 12.4. The Hall–Kier alpha value is -4.73. The van der Waals surface area contributed by atoms with Crippen molar-refractivity contribution in [3.8, 4) is 11.3 Å². The number of benzene rings is 2. The Morgan fingerprint density at radius 2 is 1.69 bits per heavy atom. The first-order chi connectivity index (χ1) is 18.5. The molecule has 2 aromatic heterocycles. The van der Waals surface area contributed by atoms with E-state index < -0.39 is 23.7 Å². The zero-order valence-electron chi connectivity index (χ0n) is 22.5. The second-order valence-corrected chi connectivity index (χ2v) is 10.0. The Morgan fingerprint density at radius 3 is 2.36 bits per heavy atom. The Labute approximate surface area is 226 Å². The molecule has 1 atom stereocenters. The summed E-state index contributed by atoms with van der Waals surface area (Å²) in [6.07, 6.45) is 0.774. The molecule has 0 radical (unpaired) electrons. The first-order valence-electron chi connectivity index (χ1n) is 12.4. The van der Waals surface area contributed by atoms with Crippen molar-refractivity contribution in [2.45, 2.75) is 45.9 Å². The van der Waals surface area contributed by atoms with Crippen LogP contribution in [0.15, 0.2) is 67.0 Å². The number of fused-ring (bicyclic) bond motifs is 1. The van der Waals surface area contributed by atoms with Crippen molar-refractivity contribution in [2.75, 3.05) is 5.32 Å². The van der Waals surface area contributed by atoms with E-state index in [9.17, 15) is 14.4 Å². The summed E-state index contributed by atoms with van der Waals surface area (Å²) in [5.41, 5.74) is 3.14. The van der Waals surface area contributed by atoms with E-state index in [4.69, 9.17) is 9.47 Å². The molecule has 0 aliphatic carbocycles. The maximum Gasteiger partial charge on any atom is 0.408 e. The molecule has 0 unspecified atom stereocenters. The highest BCUT2D eigenvalue weighted by atomic mass is 16.6. The molecule has 2 amide bonds. The number of hydrogen-bond acceptors (Lipinski definition) is 7. The van der Waals surface area contributed by atoms with Gasteiger partial charge in [-0.1, -0.05) is 42.5 Å². The summed E-state index contributed by atoms with van der Waals surface area (Å²) >= 11 is 0. The van der Waals surface area contributed by atoms with Crippen molar-refractivity contribution in [3.05, 3.63) is 78.2 Å². The fourth-order valence-corrected chi connectivity index (χ4v) is 3.87. The van der Waals surface area contributed by atoms with E-state index in [2.05, 4.69) is 20.6 Å². The molecular formula is C29H31N5O5. The number of aryl methyl sites for hydroxylation is 1. The molecule has 0 saturated heterocycles. The molecule has 4 rings (SSSR count). The highest BCUT2D eigenvalue weighted by molar-refractivity contribution is 6.00. The van der Waals surface area contributed by atoms with Gasteiger partial charge in [0.15, 0.2) is 0 Å². The minimum absolute atomic E-state index is 0.166. The van der Waals surface area contributed by atoms with Crippen LogP contribution in [0.2, 0.25) is 0 Å². The van der Waals surface area contributed by atoms with Crippen molar-refractivity contribution in [1.29, 1.82) is 0 Å². The maximum absolute atomic E-state index is 12.8. The van der Waals surface area contributed by atoms with E-state index in [0.717, 1.165) is 11.1 Å². The van der Waals surface area contributed by atoms with Crippen LogP contribution >= 0.6 is 0 Å². The smallest absolute Gasteiger partial charge is 0.408 e. The Morgan fingerprint density at radius 1 is 1.00 bits per heavy atom. The summed E-state index contributed by atoms with van der Waals surface area (Å²) in [6, 6.07) is 17.5. The van der Waals surface area contributed by atoms with E-state index in [1.807, 2.05) is 42.5 Å². The van der Waals surface area contributed by atoms with Crippen molar-refractivity contribution in [1.82, 2.24) is 19.9 Å². The third-order valence-corrected chi connectivity index (χ3v) is 5.80. The molecule has 0 bridgehead atoms. The van der Waals surface area contributed by atoms with Crippen LogP contribution in [0.5, 0.6) is 0 Å². The van der Waals surface area contributed by atoms with Crippen LogP contribution in [0, 0.1) is 0 Å². The van der Waals surface area contributed by atoms with Gasteiger partial charge in [0.2, 0.25) is 5.91 Å². The van der Waals surface area contributed by atoms with Crippen LogP contribution in [0.4, 0.5) is 10.5 Å². The lowest BCUT2D eigenvalue weighted by molar-refractivity contribution is -0.117. The van der Waals surface area contributed by atoms with Crippen LogP contribution < -0.4 is 10.6 Å². The maximum atomic E-state index is 12.8. The number of anilines is 1. The lowest BCUT2D eigenvalue weighted by Crippen LogP contribution is -2.43. The van der Waals surface area contributed by atoms with Gasteiger partial charge >= 0.3 is 12.1 Å². The molecule has 0 saturated carbocycles. The molecule has 0 spiro atoms. The first kappa shape index (κ1) is 27.3. The minimum Gasteiger partial charge on any atom is -0.456 e. The molecular weight excluding hydrogens is 498 g/mol. The fourth-order valence-electron chi connectivity index (χ4n) is 3.87. The largest absolute Gasteiger partial charge is 0.456 e. The Kier molecular flexibility index (Phi) is 7.94. The van der Waals surface area contributed by atoms with Crippen LogP contribution in [0.1, 0.15) is 43.7 Å². The van der Waals surface area contributed by atoms with Crippen molar-refractivity contribution >= 4 is 34.7 Å². The van der Waals surface area contributed by atoms with Crippen LogP contribution in [0.3, 0.4) is 0 Å². The van der Waals surface area contributed by atoms with E-state index in [0.29, 0.717) is 28.1 Å². The Balaban J connectivity index is 1.47. The summed E-state index contributed by atoms with van der Waals surface area (Å²) in [6.45, 7) is 6.98. The molecule has 0 aliphatic rings. The molecule has 202 valence electrons. The van der Waals surface area contributed by atoms with Gasteiger partial charge in [0.25, 0.3) is 0 Å². The number of aromatic nitrogens is 3. The molecule has 4 aromatic rings. The summed E-state index contributed by atoms with van der Waals surface area (Å²) in [5.74, 6) is -0.850. The van der Waals surface area contributed by atoms with Crippen molar-refractivity contribution in [3.63, 3.8) is 0 Å². The highest BCUT2D eigenvalue weighted by Gasteiger charge is 2.22. The second kappa shape index (κ2) is 11.3. The van der Waals surface area contributed by atoms with Gasteiger partial charge < -0.3 is 24.7 Å². The number of amides is 2. The summed E-state index contributed by atoms with van der Waals surface area (Å²) < 4.78 is 12.4. The lowest BCUT2D eigenvalue weighted by atomic mass is 10.1. The summed E-state index contributed by atoms with van der Waals surface area (Å²) in [4.78, 5) is 46.1. The zero-order valence-corrected chi connectivity index (χ0v) is 22.5. The minimum atomic E-state index is -0.801. The number of rotatable bonds is 7. The normalized spacial score (nSPS) is 12.0. The van der Waals surface area contributed by atoms with Gasteiger partial charge in [0.05, 0.1) is 5.69 Å². The molecule has 2 heterocycles. The van der Waals surface area contributed by atoms with E-state index in [1.54, 1.807) is 57.5 Å². The van der Waals surface area contributed by atoms with E-state index in [1.165, 1.54) is 6.33 Å². The summed E-state index contributed by atoms with van der Waals surface area (Å²) in [5, 5.41) is 5.99. The number of carbonyl (C=O) groups excluding carboxylic acids is 3. The van der Waals surface area contributed by atoms with Crippen molar-refractivity contribution in [2.24, 2.45) is 7.05 Å². The average molecular weight is 530 g/mol. The van der Waals surface area contributed by atoms with E-state index >= 15 is 0 Å². The zero-order chi connectivity index (χ0) is 28.2.